The molecule has 23 heavy (non-hydrogen) atoms. The highest BCUT2D eigenvalue weighted by molar-refractivity contribution is 7.99. The Morgan fingerprint density at radius 3 is 2.52 bits per heavy atom. The molecular formula is C15H30N4O3S. The summed E-state index contributed by atoms with van der Waals surface area (Å²) in [6, 6.07) is 0. The third kappa shape index (κ3) is 8.31. The average Bonchev–Trinajstić information content (AvgIpc) is 2.49. The van der Waals surface area contributed by atoms with Gasteiger partial charge in [-0.15, -0.1) is 0 Å². The van der Waals surface area contributed by atoms with Crippen LogP contribution < -0.4 is 5.73 Å². The fraction of sp³-hybridized carbons (Fsp3) is 0.867. The summed E-state index contributed by atoms with van der Waals surface area (Å²) in [6.45, 7) is 9.26. The number of thioether (sulfide) groups is 1. The van der Waals surface area contributed by atoms with Crippen LogP contribution in [0.4, 0.5) is 4.79 Å². The molecule has 0 aliphatic carbocycles. The zero-order valence-corrected chi connectivity index (χ0v) is 15.5. The van der Waals surface area contributed by atoms with Gasteiger partial charge in [0.05, 0.1) is 13.2 Å². The van der Waals surface area contributed by atoms with Crippen molar-refractivity contribution in [3.63, 3.8) is 0 Å². The highest BCUT2D eigenvalue weighted by Crippen LogP contribution is 2.10. The molecule has 0 aromatic heterocycles. The van der Waals surface area contributed by atoms with Crippen molar-refractivity contribution in [1.82, 2.24) is 9.80 Å². The first-order valence-electron chi connectivity index (χ1n) is 7.93. The number of hydrogen-bond donors (Lipinski definition) is 1. The minimum Gasteiger partial charge on any atom is -0.444 e. The number of nitrogens with zero attached hydrogens (tertiary/aromatic N) is 3. The van der Waals surface area contributed by atoms with Gasteiger partial charge in [0.15, 0.2) is 5.96 Å². The summed E-state index contributed by atoms with van der Waals surface area (Å²) in [5, 5.41) is 0. The summed E-state index contributed by atoms with van der Waals surface area (Å²) in [5.74, 6) is 2.71. The Labute approximate surface area is 143 Å². The molecule has 134 valence electrons. The molecule has 0 aromatic rings. The minimum absolute atomic E-state index is 0.349. The van der Waals surface area contributed by atoms with Gasteiger partial charge in [-0.05, 0) is 20.8 Å². The van der Waals surface area contributed by atoms with Gasteiger partial charge in [0.25, 0.3) is 0 Å². The van der Waals surface area contributed by atoms with Crippen LogP contribution in [0.1, 0.15) is 20.8 Å². The fourth-order valence-corrected chi connectivity index (χ4v) is 2.90. The smallest absolute Gasteiger partial charge is 0.410 e. The van der Waals surface area contributed by atoms with E-state index in [-0.39, 0.29) is 6.09 Å². The standard InChI is InChI=1S/C15H30N4O3S/c1-15(2,3)22-14(20)19(7-10-21-4)6-5-17-13(16)18-8-11-23-12-9-18/h5-12H2,1-4H3,(H2,16,17). The van der Waals surface area contributed by atoms with Crippen molar-refractivity contribution in [2.75, 3.05) is 57.9 Å². The molecule has 1 heterocycles. The van der Waals surface area contributed by atoms with E-state index in [0.29, 0.717) is 32.2 Å². The van der Waals surface area contributed by atoms with E-state index in [1.807, 2.05) is 32.5 Å². The van der Waals surface area contributed by atoms with Gasteiger partial charge in [-0.2, -0.15) is 11.8 Å². The van der Waals surface area contributed by atoms with Gasteiger partial charge >= 0.3 is 6.09 Å². The van der Waals surface area contributed by atoms with Gasteiger partial charge in [0.1, 0.15) is 5.60 Å². The molecule has 1 saturated heterocycles. The Bertz CT molecular complexity index is 393. The third-order valence-electron chi connectivity index (χ3n) is 3.20. The lowest BCUT2D eigenvalue weighted by Crippen LogP contribution is -2.43. The first-order chi connectivity index (χ1) is 10.8. The van der Waals surface area contributed by atoms with Crippen LogP contribution in [-0.4, -0.2) is 85.4 Å². The lowest BCUT2D eigenvalue weighted by atomic mass is 10.2. The molecule has 1 amide bonds. The van der Waals surface area contributed by atoms with Gasteiger partial charge in [0, 0.05) is 44.8 Å². The zero-order chi connectivity index (χ0) is 17.3. The second-order valence-electron chi connectivity index (χ2n) is 6.30. The normalized spacial score (nSPS) is 16.3. The average molecular weight is 346 g/mol. The van der Waals surface area contributed by atoms with Crippen LogP contribution in [0.3, 0.4) is 0 Å². The second kappa shape index (κ2) is 9.87. The summed E-state index contributed by atoms with van der Waals surface area (Å²) in [5.41, 5.74) is 5.50. The van der Waals surface area contributed by atoms with E-state index in [0.717, 1.165) is 24.6 Å². The van der Waals surface area contributed by atoms with Gasteiger partial charge in [-0.25, -0.2) is 4.79 Å². The van der Waals surface area contributed by atoms with Crippen LogP contribution in [0.25, 0.3) is 0 Å². The maximum atomic E-state index is 12.2. The topological polar surface area (TPSA) is 80.4 Å². The first kappa shape index (κ1) is 19.9. The summed E-state index contributed by atoms with van der Waals surface area (Å²) in [7, 11) is 1.61. The van der Waals surface area contributed by atoms with Crippen LogP contribution >= 0.6 is 11.8 Å². The lowest BCUT2D eigenvalue weighted by Gasteiger charge is -2.28. The second-order valence-corrected chi connectivity index (χ2v) is 7.52. The van der Waals surface area contributed by atoms with Crippen molar-refractivity contribution < 1.29 is 14.3 Å². The molecule has 0 radical (unpaired) electrons. The number of hydrogen-bond acceptors (Lipinski definition) is 5. The number of amides is 1. The Morgan fingerprint density at radius 1 is 1.30 bits per heavy atom. The van der Waals surface area contributed by atoms with Gasteiger partial charge in [0.2, 0.25) is 0 Å². The lowest BCUT2D eigenvalue weighted by molar-refractivity contribution is 0.0208. The molecule has 0 spiro atoms. The van der Waals surface area contributed by atoms with E-state index in [2.05, 4.69) is 9.89 Å². The number of ether oxygens (including phenoxy) is 2. The number of aliphatic imine (C=N–C) groups is 1. The number of guanidine groups is 1. The Kier molecular flexibility index (Phi) is 8.54. The molecule has 1 rings (SSSR count). The predicted octanol–water partition coefficient (Wildman–Crippen LogP) is 1.23. The van der Waals surface area contributed by atoms with Crippen LogP contribution in [0, 0.1) is 0 Å². The van der Waals surface area contributed by atoms with Crippen LogP contribution in [0.5, 0.6) is 0 Å². The van der Waals surface area contributed by atoms with E-state index >= 15 is 0 Å². The SMILES string of the molecule is COCCN(CCN=C(N)N1CCSCC1)C(=O)OC(C)(C)C. The predicted molar refractivity (Wildman–Crippen MR) is 95.1 cm³/mol. The van der Waals surface area contributed by atoms with Crippen molar-refractivity contribution in [2.24, 2.45) is 10.7 Å². The van der Waals surface area contributed by atoms with Crippen molar-refractivity contribution >= 4 is 23.8 Å². The third-order valence-corrected chi connectivity index (χ3v) is 4.14. The number of carbonyl (C=O) groups is 1. The number of carbonyl (C=O) groups excluding carboxylic acids is 1. The molecule has 7 nitrogen and oxygen atoms in total. The largest absolute Gasteiger partial charge is 0.444 e. The highest BCUT2D eigenvalue weighted by atomic mass is 32.2. The molecule has 0 saturated carbocycles. The summed E-state index contributed by atoms with van der Waals surface area (Å²) >= 11 is 1.93. The molecule has 2 N–H and O–H groups in total. The number of nitrogens with two attached hydrogens (primary N) is 1. The summed E-state index contributed by atoms with van der Waals surface area (Å²) in [6.07, 6.45) is -0.349. The summed E-state index contributed by atoms with van der Waals surface area (Å²) < 4.78 is 10.5. The molecule has 0 unspecified atom stereocenters. The van der Waals surface area contributed by atoms with E-state index < -0.39 is 5.60 Å². The van der Waals surface area contributed by atoms with Gasteiger partial charge in [-0.1, -0.05) is 0 Å². The molecule has 0 bridgehead atoms. The Hall–Kier alpha value is -1.15. The van der Waals surface area contributed by atoms with Crippen LogP contribution in [-0.2, 0) is 9.47 Å². The first-order valence-corrected chi connectivity index (χ1v) is 9.08. The molecule has 1 fully saturated rings. The molecule has 8 heteroatoms. The quantitative estimate of drug-likeness (QED) is 0.576. The number of rotatable bonds is 6. The highest BCUT2D eigenvalue weighted by Gasteiger charge is 2.21. The molecular weight excluding hydrogens is 316 g/mol. The van der Waals surface area contributed by atoms with E-state index in [1.54, 1.807) is 12.0 Å². The zero-order valence-electron chi connectivity index (χ0n) is 14.7. The summed E-state index contributed by atoms with van der Waals surface area (Å²) in [4.78, 5) is 20.3. The molecule has 1 aliphatic rings. The van der Waals surface area contributed by atoms with Crippen molar-refractivity contribution in [1.29, 1.82) is 0 Å². The van der Waals surface area contributed by atoms with Crippen LogP contribution in [0.15, 0.2) is 4.99 Å². The fourth-order valence-electron chi connectivity index (χ4n) is 2.00. The Balaban J connectivity index is 2.50. The number of methoxy groups -OCH3 is 1. The maximum absolute atomic E-state index is 12.2. The maximum Gasteiger partial charge on any atom is 0.410 e. The van der Waals surface area contributed by atoms with Crippen molar-refractivity contribution in [3.05, 3.63) is 0 Å². The molecule has 0 aromatic carbocycles. The van der Waals surface area contributed by atoms with E-state index in [1.165, 1.54) is 0 Å². The van der Waals surface area contributed by atoms with Crippen molar-refractivity contribution in [3.8, 4) is 0 Å². The molecule has 1 aliphatic heterocycles. The van der Waals surface area contributed by atoms with E-state index in [9.17, 15) is 4.79 Å². The monoisotopic (exact) mass is 346 g/mol. The van der Waals surface area contributed by atoms with Gasteiger partial charge in [-0.3, -0.25) is 4.99 Å². The van der Waals surface area contributed by atoms with Gasteiger partial charge < -0.3 is 25.0 Å². The molecule has 0 atom stereocenters. The minimum atomic E-state index is -0.518. The van der Waals surface area contributed by atoms with Crippen LogP contribution in [0.2, 0.25) is 0 Å². The van der Waals surface area contributed by atoms with Crippen molar-refractivity contribution in [2.45, 2.75) is 26.4 Å². The van der Waals surface area contributed by atoms with E-state index in [4.69, 9.17) is 15.2 Å². The Morgan fingerprint density at radius 2 is 1.96 bits per heavy atom.